The number of nitrogens with one attached hydrogen (secondary N) is 2. The van der Waals surface area contributed by atoms with Gasteiger partial charge in [0.1, 0.15) is 18.1 Å². The van der Waals surface area contributed by atoms with Gasteiger partial charge >= 0.3 is 0 Å². The van der Waals surface area contributed by atoms with Crippen molar-refractivity contribution >= 4 is 39.8 Å². The molecule has 0 bridgehead atoms. The highest BCUT2D eigenvalue weighted by atomic mass is 35.5. The van der Waals surface area contributed by atoms with Crippen LogP contribution in [0.15, 0.2) is 48.7 Å². The summed E-state index contributed by atoms with van der Waals surface area (Å²) in [4.78, 5) is 18.7. The van der Waals surface area contributed by atoms with Crippen LogP contribution in [-0.2, 0) is 16.8 Å². The van der Waals surface area contributed by atoms with Crippen molar-refractivity contribution in [3.8, 4) is 11.4 Å². The third-order valence-corrected chi connectivity index (χ3v) is 6.33. The number of nitrogens with zero attached hydrogens (tertiary/aromatic N) is 4. The molecule has 0 amide bonds. The van der Waals surface area contributed by atoms with Crippen LogP contribution in [0, 0.1) is 5.92 Å². The molecular formula is C27H29ClN6O. The van der Waals surface area contributed by atoms with Gasteiger partial charge in [-0.15, -0.1) is 0 Å². The van der Waals surface area contributed by atoms with E-state index in [-0.39, 0.29) is 5.41 Å². The van der Waals surface area contributed by atoms with E-state index in [1.807, 2.05) is 12.1 Å². The predicted octanol–water partition coefficient (Wildman–Crippen LogP) is 6.36. The summed E-state index contributed by atoms with van der Waals surface area (Å²) >= 11 is 6.37. The molecule has 180 valence electrons. The molecule has 5 rings (SSSR count). The van der Waals surface area contributed by atoms with Gasteiger partial charge in [-0.2, -0.15) is 0 Å². The van der Waals surface area contributed by atoms with E-state index in [1.165, 1.54) is 5.56 Å². The van der Waals surface area contributed by atoms with E-state index in [0.29, 0.717) is 52.8 Å². The lowest BCUT2D eigenvalue weighted by molar-refractivity contribution is 0.0925. The number of rotatable bonds is 7. The topological polar surface area (TPSA) is 84.9 Å². The summed E-state index contributed by atoms with van der Waals surface area (Å²) in [5.41, 5.74) is 5.36. The summed E-state index contributed by atoms with van der Waals surface area (Å²) < 4.78 is 5.83. The monoisotopic (exact) mass is 488 g/mol. The molecule has 1 aliphatic rings. The number of pyridine rings is 2. The zero-order valence-corrected chi connectivity index (χ0v) is 21.1. The lowest BCUT2D eigenvalue weighted by Gasteiger charge is -2.17. The van der Waals surface area contributed by atoms with Gasteiger partial charge in [-0.3, -0.25) is 4.98 Å². The lowest BCUT2D eigenvalue weighted by atomic mass is 9.87. The fourth-order valence-corrected chi connectivity index (χ4v) is 4.43. The van der Waals surface area contributed by atoms with Crippen LogP contribution in [0.1, 0.15) is 39.1 Å². The second-order valence-electron chi connectivity index (χ2n) is 9.92. The zero-order valence-electron chi connectivity index (χ0n) is 20.4. The summed E-state index contributed by atoms with van der Waals surface area (Å²) in [5, 5.41) is 8.35. The van der Waals surface area contributed by atoms with Gasteiger partial charge < -0.3 is 15.4 Å². The standard InChI is InChI=1S/C27H29ClN6O/c1-16(2)13-35-14-23-33-25(31-17-7-9-19-22(12-17)30-15-27(19,3)4)18-8-10-21(32-26(18)34-23)24-20(28)6-5-11-29-24/h5-12,16,30H,13-15H2,1-4H3,(H,31,32,33,34). The number of hydrogen-bond acceptors (Lipinski definition) is 7. The highest BCUT2D eigenvalue weighted by molar-refractivity contribution is 6.32. The maximum Gasteiger partial charge on any atom is 0.165 e. The average molecular weight is 489 g/mol. The summed E-state index contributed by atoms with van der Waals surface area (Å²) in [6, 6.07) is 13.8. The molecule has 4 aromatic rings. The molecule has 7 nitrogen and oxygen atoms in total. The van der Waals surface area contributed by atoms with E-state index in [9.17, 15) is 0 Å². The molecule has 1 aliphatic heterocycles. The first kappa shape index (κ1) is 23.5. The number of halogens is 1. The Balaban J connectivity index is 1.54. The predicted molar refractivity (Wildman–Crippen MR) is 141 cm³/mol. The molecule has 0 atom stereocenters. The smallest absolute Gasteiger partial charge is 0.165 e. The van der Waals surface area contributed by atoms with Gasteiger partial charge in [0.2, 0.25) is 0 Å². The van der Waals surface area contributed by atoms with E-state index in [4.69, 9.17) is 31.3 Å². The van der Waals surface area contributed by atoms with Crippen LogP contribution in [0.25, 0.3) is 22.4 Å². The Morgan fingerprint density at radius 2 is 1.97 bits per heavy atom. The number of benzene rings is 1. The lowest BCUT2D eigenvalue weighted by Crippen LogP contribution is -2.18. The normalized spacial score (nSPS) is 14.2. The summed E-state index contributed by atoms with van der Waals surface area (Å²) in [6.07, 6.45) is 1.70. The molecule has 0 saturated carbocycles. The molecule has 0 aliphatic carbocycles. The molecule has 35 heavy (non-hydrogen) atoms. The fourth-order valence-electron chi connectivity index (χ4n) is 4.21. The maximum absolute atomic E-state index is 6.37. The van der Waals surface area contributed by atoms with E-state index in [1.54, 1.807) is 18.3 Å². The van der Waals surface area contributed by atoms with Gasteiger partial charge in [-0.25, -0.2) is 15.0 Å². The average Bonchev–Trinajstić information content (AvgIpc) is 3.12. The Bertz CT molecular complexity index is 1390. The Morgan fingerprint density at radius 1 is 1.11 bits per heavy atom. The highest BCUT2D eigenvalue weighted by Crippen LogP contribution is 2.38. The highest BCUT2D eigenvalue weighted by Gasteiger charge is 2.29. The number of aromatic nitrogens is 4. The van der Waals surface area contributed by atoms with Crippen molar-refractivity contribution in [3.05, 3.63) is 65.1 Å². The van der Waals surface area contributed by atoms with Crippen LogP contribution in [0.4, 0.5) is 17.2 Å². The van der Waals surface area contributed by atoms with Gasteiger partial charge in [0.05, 0.1) is 16.1 Å². The molecule has 1 aromatic carbocycles. The second kappa shape index (κ2) is 9.40. The first-order chi connectivity index (χ1) is 16.8. The van der Waals surface area contributed by atoms with Crippen molar-refractivity contribution in [3.63, 3.8) is 0 Å². The van der Waals surface area contributed by atoms with Crippen LogP contribution in [-0.4, -0.2) is 33.1 Å². The van der Waals surface area contributed by atoms with Crippen molar-refractivity contribution in [1.29, 1.82) is 0 Å². The molecule has 8 heteroatoms. The van der Waals surface area contributed by atoms with Gasteiger partial charge in [0.25, 0.3) is 0 Å². The molecule has 0 saturated heterocycles. The third-order valence-electron chi connectivity index (χ3n) is 6.02. The van der Waals surface area contributed by atoms with Gasteiger partial charge in [0, 0.05) is 36.1 Å². The molecule has 0 spiro atoms. The summed E-state index contributed by atoms with van der Waals surface area (Å²) in [7, 11) is 0. The van der Waals surface area contributed by atoms with Crippen LogP contribution in [0.2, 0.25) is 5.02 Å². The molecule has 0 fully saturated rings. The Hall–Kier alpha value is -3.29. The first-order valence-electron chi connectivity index (χ1n) is 11.8. The molecular weight excluding hydrogens is 460 g/mol. The van der Waals surface area contributed by atoms with Gasteiger partial charge in [0.15, 0.2) is 11.5 Å². The first-order valence-corrected chi connectivity index (χ1v) is 12.2. The Kier molecular flexibility index (Phi) is 6.30. The van der Waals surface area contributed by atoms with Gasteiger partial charge in [-0.05, 0) is 47.9 Å². The fraction of sp³-hybridized carbons (Fsp3) is 0.333. The van der Waals surface area contributed by atoms with Crippen LogP contribution in [0.3, 0.4) is 0 Å². The van der Waals surface area contributed by atoms with Crippen molar-refractivity contribution in [2.75, 3.05) is 23.8 Å². The van der Waals surface area contributed by atoms with Crippen LogP contribution >= 0.6 is 11.6 Å². The van der Waals surface area contributed by atoms with E-state index >= 15 is 0 Å². The van der Waals surface area contributed by atoms with E-state index in [2.05, 4.69) is 61.5 Å². The maximum atomic E-state index is 6.37. The quantitative estimate of drug-likeness (QED) is 0.313. The Labute approximate surface area is 210 Å². The van der Waals surface area contributed by atoms with Crippen LogP contribution in [0.5, 0.6) is 0 Å². The Morgan fingerprint density at radius 3 is 2.77 bits per heavy atom. The number of anilines is 3. The number of hydrogen-bond donors (Lipinski definition) is 2. The van der Waals surface area contributed by atoms with Crippen LogP contribution < -0.4 is 10.6 Å². The third kappa shape index (κ3) is 4.92. The molecule has 4 heterocycles. The number of ether oxygens (including phenoxy) is 1. The van der Waals surface area contributed by atoms with Crippen molar-refractivity contribution < 1.29 is 4.74 Å². The summed E-state index contributed by atoms with van der Waals surface area (Å²) in [5.74, 6) is 1.67. The zero-order chi connectivity index (χ0) is 24.6. The minimum absolute atomic E-state index is 0.115. The van der Waals surface area contributed by atoms with Crippen molar-refractivity contribution in [2.24, 2.45) is 5.92 Å². The van der Waals surface area contributed by atoms with Gasteiger partial charge in [-0.1, -0.05) is 45.4 Å². The summed E-state index contributed by atoms with van der Waals surface area (Å²) in [6.45, 7) is 10.6. The molecule has 0 unspecified atom stereocenters. The molecule has 2 N–H and O–H groups in total. The van der Waals surface area contributed by atoms with Crippen molar-refractivity contribution in [1.82, 2.24) is 19.9 Å². The van der Waals surface area contributed by atoms with Crippen molar-refractivity contribution in [2.45, 2.75) is 39.7 Å². The largest absolute Gasteiger partial charge is 0.384 e. The SMILES string of the molecule is CC(C)COCc1nc(Nc2ccc3c(c2)NCC3(C)C)c2ccc(-c3ncccc3Cl)nc2n1. The van der Waals surface area contributed by atoms with E-state index in [0.717, 1.165) is 23.3 Å². The minimum atomic E-state index is 0.115. The van der Waals surface area contributed by atoms with E-state index < -0.39 is 0 Å². The number of fused-ring (bicyclic) bond motifs is 2. The minimum Gasteiger partial charge on any atom is -0.384 e. The molecule has 3 aromatic heterocycles. The second-order valence-corrected chi connectivity index (χ2v) is 10.3. The molecule has 0 radical (unpaired) electrons.